The molecule has 21 heavy (non-hydrogen) atoms. The molecular weight excluding hydrogens is 311 g/mol. The molecule has 0 aromatic heterocycles. The number of alkyl halides is 3. The van der Waals surface area contributed by atoms with Crippen LogP contribution in [0.1, 0.15) is 22.3 Å². The minimum absolute atomic E-state index is 0.0631. The van der Waals surface area contributed by atoms with Crippen molar-refractivity contribution in [1.82, 2.24) is 0 Å². The van der Waals surface area contributed by atoms with E-state index in [1.807, 2.05) is 0 Å². The van der Waals surface area contributed by atoms with Crippen LogP contribution in [0.4, 0.5) is 18.9 Å². The Morgan fingerprint density at radius 2 is 1.95 bits per heavy atom. The van der Waals surface area contributed by atoms with E-state index in [-0.39, 0.29) is 24.4 Å². The van der Waals surface area contributed by atoms with E-state index >= 15 is 0 Å². The van der Waals surface area contributed by atoms with Crippen LogP contribution < -0.4 is 5.32 Å². The van der Waals surface area contributed by atoms with Crippen molar-refractivity contribution in [2.24, 2.45) is 0 Å². The van der Waals surface area contributed by atoms with Crippen LogP contribution >= 0.6 is 0 Å². The van der Waals surface area contributed by atoms with Crippen molar-refractivity contribution in [2.45, 2.75) is 12.6 Å². The average Bonchev–Trinajstić information content (AvgIpc) is 2.32. The number of anilines is 1. The minimum Gasteiger partial charge on any atom is -0.478 e. The van der Waals surface area contributed by atoms with E-state index < -0.39 is 33.1 Å². The molecule has 5 nitrogen and oxygen atoms in total. The Morgan fingerprint density at radius 1 is 1.33 bits per heavy atom. The third-order valence-corrected chi connectivity index (χ3v) is 3.61. The van der Waals surface area contributed by atoms with E-state index in [1.54, 1.807) is 0 Å². The molecular formula is C12H14F3NO4S. The fraction of sp³-hybridized carbons (Fsp3) is 0.417. The maximum Gasteiger partial charge on any atom is 0.417 e. The Kier molecular flexibility index (Phi) is 5.21. The molecule has 0 aliphatic carbocycles. The molecule has 0 atom stereocenters. The van der Waals surface area contributed by atoms with Crippen molar-refractivity contribution < 1.29 is 31.5 Å². The van der Waals surface area contributed by atoms with E-state index in [9.17, 15) is 26.4 Å². The highest BCUT2D eigenvalue weighted by Crippen LogP contribution is 2.33. The molecule has 0 saturated carbocycles. The Hall–Kier alpha value is -1.77. The zero-order valence-electron chi connectivity index (χ0n) is 11.1. The minimum atomic E-state index is -4.75. The molecule has 0 saturated heterocycles. The zero-order valence-corrected chi connectivity index (χ0v) is 11.9. The van der Waals surface area contributed by atoms with Gasteiger partial charge in [0.05, 0.1) is 16.9 Å². The fourth-order valence-corrected chi connectivity index (χ4v) is 2.31. The van der Waals surface area contributed by atoms with Crippen LogP contribution in [0.15, 0.2) is 18.2 Å². The lowest BCUT2D eigenvalue weighted by Gasteiger charge is -2.12. The molecule has 0 amide bonds. The van der Waals surface area contributed by atoms with Crippen molar-refractivity contribution in [2.75, 3.05) is 23.9 Å². The van der Waals surface area contributed by atoms with Gasteiger partial charge < -0.3 is 10.4 Å². The lowest BCUT2D eigenvalue weighted by atomic mass is 10.1. The predicted molar refractivity (Wildman–Crippen MR) is 71.2 cm³/mol. The smallest absolute Gasteiger partial charge is 0.417 e. The van der Waals surface area contributed by atoms with Gasteiger partial charge >= 0.3 is 12.1 Å². The molecule has 118 valence electrons. The van der Waals surface area contributed by atoms with Crippen LogP contribution in [0.25, 0.3) is 0 Å². The van der Waals surface area contributed by atoms with Gasteiger partial charge in [-0.3, -0.25) is 0 Å². The van der Waals surface area contributed by atoms with Crippen LogP contribution in [0, 0.1) is 0 Å². The molecule has 1 aromatic rings. The Bertz CT molecular complexity index is 626. The molecule has 0 radical (unpaired) electrons. The number of sulfone groups is 1. The lowest BCUT2D eigenvalue weighted by Crippen LogP contribution is -2.14. The van der Waals surface area contributed by atoms with Crippen molar-refractivity contribution in [3.8, 4) is 0 Å². The van der Waals surface area contributed by atoms with Gasteiger partial charge in [0.15, 0.2) is 0 Å². The van der Waals surface area contributed by atoms with Crippen LogP contribution in [-0.4, -0.2) is 38.0 Å². The summed E-state index contributed by atoms with van der Waals surface area (Å²) in [6.07, 6.45) is -3.40. The largest absolute Gasteiger partial charge is 0.478 e. The first-order valence-corrected chi connectivity index (χ1v) is 7.93. The van der Waals surface area contributed by atoms with Gasteiger partial charge in [0, 0.05) is 18.5 Å². The van der Waals surface area contributed by atoms with Crippen LogP contribution in [0.5, 0.6) is 0 Å². The van der Waals surface area contributed by atoms with Crippen molar-refractivity contribution in [1.29, 1.82) is 0 Å². The second-order valence-corrected chi connectivity index (χ2v) is 6.73. The van der Waals surface area contributed by atoms with Crippen LogP contribution in [0.2, 0.25) is 0 Å². The van der Waals surface area contributed by atoms with Gasteiger partial charge in [-0.1, -0.05) is 0 Å². The van der Waals surface area contributed by atoms with Crippen LogP contribution in [0.3, 0.4) is 0 Å². The summed E-state index contributed by atoms with van der Waals surface area (Å²) in [4.78, 5) is 10.9. The van der Waals surface area contributed by atoms with Gasteiger partial charge in [-0.25, -0.2) is 13.2 Å². The molecule has 0 aliphatic rings. The standard InChI is InChI=1S/C12H14F3NO4S/c1-21(19,20)6-2-5-16-8-3-4-10(12(13,14)15)9(7-8)11(17)18/h3-4,7,16H,2,5-6H2,1H3,(H,17,18). The summed E-state index contributed by atoms with van der Waals surface area (Å²) >= 11 is 0. The summed E-state index contributed by atoms with van der Waals surface area (Å²) in [7, 11) is -3.11. The van der Waals surface area contributed by atoms with Gasteiger partial charge in [-0.2, -0.15) is 13.2 Å². The number of halogens is 3. The second kappa shape index (κ2) is 6.33. The lowest BCUT2D eigenvalue weighted by molar-refractivity contribution is -0.138. The predicted octanol–water partition coefficient (Wildman–Crippen LogP) is 2.25. The number of carbonyl (C=O) groups is 1. The SMILES string of the molecule is CS(=O)(=O)CCCNc1ccc(C(F)(F)F)c(C(=O)O)c1. The third kappa shape index (κ3) is 5.62. The summed E-state index contributed by atoms with van der Waals surface area (Å²) in [6, 6.07) is 2.67. The third-order valence-electron chi connectivity index (χ3n) is 2.58. The molecule has 0 fully saturated rings. The maximum absolute atomic E-state index is 12.6. The van der Waals surface area contributed by atoms with Gasteiger partial charge in [0.1, 0.15) is 9.84 Å². The molecule has 0 spiro atoms. The number of carboxylic acids is 1. The summed E-state index contributed by atoms with van der Waals surface area (Å²) in [6.45, 7) is 0.206. The van der Waals surface area contributed by atoms with Crippen molar-refractivity contribution in [3.05, 3.63) is 29.3 Å². The first-order chi connectivity index (χ1) is 9.50. The number of aromatic carboxylic acids is 1. The molecule has 0 aliphatic heterocycles. The second-order valence-electron chi connectivity index (χ2n) is 4.47. The summed E-state index contributed by atoms with van der Waals surface area (Å²) in [5.74, 6) is -1.74. The average molecular weight is 325 g/mol. The molecule has 9 heteroatoms. The Morgan fingerprint density at radius 3 is 2.43 bits per heavy atom. The van der Waals surface area contributed by atoms with Crippen molar-refractivity contribution >= 4 is 21.5 Å². The maximum atomic E-state index is 12.6. The van der Waals surface area contributed by atoms with E-state index in [1.165, 1.54) is 0 Å². The highest BCUT2D eigenvalue weighted by Gasteiger charge is 2.35. The Labute approximate surface area is 119 Å². The molecule has 0 bridgehead atoms. The van der Waals surface area contributed by atoms with E-state index in [4.69, 9.17) is 5.11 Å². The summed E-state index contributed by atoms with van der Waals surface area (Å²) < 4.78 is 59.7. The Balaban J connectivity index is 2.82. The fourth-order valence-electron chi connectivity index (χ4n) is 1.65. The molecule has 1 aromatic carbocycles. The summed E-state index contributed by atoms with van der Waals surface area (Å²) in [5.41, 5.74) is -1.89. The molecule has 0 unspecified atom stereocenters. The normalized spacial score (nSPS) is 12.2. The van der Waals surface area contributed by atoms with Gasteiger partial charge in [0.2, 0.25) is 0 Å². The zero-order chi connectivity index (χ0) is 16.3. The molecule has 0 heterocycles. The highest BCUT2D eigenvalue weighted by molar-refractivity contribution is 7.90. The quantitative estimate of drug-likeness (QED) is 0.784. The number of hydrogen-bond acceptors (Lipinski definition) is 4. The number of benzene rings is 1. The van der Waals surface area contributed by atoms with Crippen LogP contribution in [-0.2, 0) is 16.0 Å². The number of hydrogen-bond donors (Lipinski definition) is 2. The number of carboxylic acid groups (broad SMARTS) is 1. The van der Waals surface area contributed by atoms with E-state index in [2.05, 4.69) is 5.32 Å². The number of rotatable bonds is 6. The van der Waals surface area contributed by atoms with Gasteiger partial charge in [-0.15, -0.1) is 0 Å². The first kappa shape index (κ1) is 17.3. The van der Waals surface area contributed by atoms with Crippen molar-refractivity contribution in [3.63, 3.8) is 0 Å². The topological polar surface area (TPSA) is 83.5 Å². The van der Waals surface area contributed by atoms with Gasteiger partial charge in [-0.05, 0) is 24.6 Å². The van der Waals surface area contributed by atoms with Gasteiger partial charge in [0.25, 0.3) is 0 Å². The first-order valence-electron chi connectivity index (χ1n) is 5.87. The monoisotopic (exact) mass is 325 g/mol. The van der Waals surface area contributed by atoms with E-state index in [0.717, 1.165) is 18.4 Å². The molecule has 2 N–H and O–H groups in total. The summed E-state index contributed by atoms with van der Waals surface area (Å²) in [5, 5.41) is 11.5. The van der Waals surface area contributed by atoms with E-state index in [0.29, 0.717) is 6.07 Å². The molecule has 1 rings (SSSR count). The highest BCUT2D eigenvalue weighted by atomic mass is 32.2. The number of nitrogens with one attached hydrogen (secondary N) is 1.